The smallest absolute Gasteiger partial charge is 0.303 e. The standard InChI is InChI=1S/C40H52O8/c1-44-26-28-46-23-8-21-40(22-9-24-47-29-27-45-2)37-12-6-5-11-35(37)36-19-15-32(30-38(36)40)31-13-17-34(18-14-31)48-25-7-3-4-10-33(41)16-20-39(42)43/h5-6,11-15,17-19,30H,3-4,7-10,16,20-29H2,1-2H3,(H,42,43). The van der Waals surface area contributed by atoms with Crippen molar-refractivity contribution in [3.05, 3.63) is 77.9 Å². The number of carbonyl (C=O) groups excluding carboxylic acids is 1. The molecule has 0 bridgehead atoms. The number of carboxylic acids is 1. The summed E-state index contributed by atoms with van der Waals surface area (Å²) in [7, 11) is 3.39. The molecule has 0 spiro atoms. The number of methoxy groups -OCH3 is 2. The third kappa shape index (κ3) is 10.7. The van der Waals surface area contributed by atoms with Crippen LogP contribution in [0.1, 0.15) is 75.3 Å². The number of rotatable bonds is 25. The Balaban J connectivity index is 1.43. The molecule has 1 aliphatic carbocycles. The van der Waals surface area contributed by atoms with Gasteiger partial charge in [0, 0.05) is 45.7 Å². The number of fused-ring (bicyclic) bond motifs is 3. The lowest BCUT2D eigenvalue weighted by Crippen LogP contribution is -2.27. The van der Waals surface area contributed by atoms with Crippen LogP contribution in [0.15, 0.2) is 66.7 Å². The fourth-order valence-corrected chi connectivity index (χ4v) is 6.65. The molecular weight excluding hydrogens is 608 g/mol. The predicted octanol–water partition coefficient (Wildman–Crippen LogP) is 7.88. The highest BCUT2D eigenvalue weighted by Crippen LogP contribution is 2.54. The highest BCUT2D eigenvalue weighted by Gasteiger charge is 2.42. The minimum atomic E-state index is -0.927. The number of carbonyl (C=O) groups is 2. The average molecular weight is 661 g/mol. The van der Waals surface area contributed by atoms with Gasteiger partial charge in [-0.15, -0.1) is 0 Å². The summed E-state index contributed by atoms with van der Waals surface area (Å²) >= 11 is 0. The number of ketones is 1. The van der Waals surface area contributed by atoms with Crippen LogP contribution in [-0.2, 0) is 34.0 Å². The largest absolute Gasteiger partial charge is 0.494 e. The zero-order valence-electron chi connectivity index (χ0n) is 28.7. The molecule has 0 radical (unpaired) electrons. The van der Waals surface area contributed by atoms with Crippen molar-refractivity contribution >= 4 is 11.8 Å². The molecule has 260 valence electrons. The van der Waals surface area contributed by atoms with Crippen LogP contribution in [-0.4, -0.2) is 77.3 Å². The van der Waals surface area contributed by atoms with E-state index in [1.807, 2.05) is 12.1 Å². The Morgan fingerprint density at radius 2 is 1.25 bits per heavy atom. The maximum atomic E-state index is 11.8. The first kappa shape index (κ1) is 37.3. The van der Waals surface area contributed by atoms with Gasteiger partial charge in [-0.1, -0.05) is 48.5 Å². The van der Waals surface area contributed by atoms with Gasteiger partial charge in [-0.2, -0.15) is 0 Å². The Morgan fingerprint density at radius 1 is 0.604 bits per heavy atom. The molecule has 0 unspecified atom stereocenters. The van der Waals surface area contributed by atoms with Crippen molar-refractivity contribution in [2.24, 2.45) is 0 Å². The summed E-state index contributed by atoms with van der Waals surface area (Å²) in [6.45, 7) is 4.37. The van der Waals surface area contributed by atoms with Crippen LogP contribution in [0.25, 0.3) is 22.3 Å². The number of benzene rings is 3. The fourth-order valence-electron chi connectivity index (χ4n) is 6.65. The highest BCUT2D eigenvalue weighted by molar-refractivity contribution is 5.84. The normalized spacial score (nSPS) is 12.9. The van der Waals surface area contributed by atoms with Crippen LogP contribution >= 0.6 is 0 Å². The number of Topliss-reactive ketones (excluding diaryl/α,β-unsaturated/α-hetero) is 1. The molecule has 3 aromatic carbocycles. The second-order valence-electron chi connectivity index (χ2n) is 12.4. The van der Waals surface area contributed by atoms with E-state index in [1.165, 1.54) is 27.8 Å². The van der Waals surface area contributed by atoms with E-state index >= 15 is 0 Å². The Bertz CT molecular complexity index is 1400. The van der Waals surface area contributed by atoms with E-state index in [0.717, 1.165) is 56.3 Å². The summed E-state index contributed by atoms with van der Waals surface area (Å²) in [5, 5.41) is 8.72. The van der Waals surface area contributed by atoms with E-state index in [9.17, 15) is 9.59 Å². The molecule has 1 N–H and O–H groups in total. The van der Waals surface area contributed by atoms with E-state index in [4.69, 9.17) is 28.8 Å². The Hall–Kier alpha value is -3.56. The molecule has 0 amide bonds. The zero-order valence-corrected chi connectivity index (χ0v) is 28.7. The first-order chi connectivity index (χ1) is 23.5. The zero-order chi connectivity index (χ0) is 34.0. The van der Waals surface area contributed by atoms with Gasteiger partial charge in [-0.25, -0.2) is 0 Å². The Labute approximate surface area is 285 Å². The summed E-state index contributed by atoms with van der Waals surface area (Å²) in [6.07, 6.45) is 6.78. The van der Waals surface area contributed by atoms with Crippen LogP contribution in [0.2, 0.25) is 0 Å². The van der Waals surface area contributed by atoms with E-state index in [2.05, 4.69) is 54.6 Å². The van der Waals surface area contributed by atoms with E-state index < -0.39 is 5.97 Å². The van der Waals surface area contributed by atoms with Gasteiger partial charge in [0.2, 0.25) is 0 Å². The van der Waals surface area contributed by atoms with Crippen LogP contribution in [0.3, 0.4) is 0 Å². The maximum Gasteiger partial charge on any atom is 0.303 e. The fraction of sp³-hybridized carbons (Fsp3) is 0.500. The first-order valence-electron chi connectivity index (χ1n) is 17.3. The monoisotopic (exact) mass is 660 g/mol. The van der Waals surface area contributed by atoms with E-state index in [0.29, 0.717) is 52.7 Å². The number of aliphatic carboxylic acids is 1. The first-order valence-corrected chi connectivity index (χ1v) is 17.3. The van der Waals surface area contributed by atoms with Gasteiger partial charge in [0.25, 0.3) is 0 Å². The van der Waals surface area contributed by atoms with Gasteiger partial charge < -0.3 is 28.8 Å². The van der Waals surface area contributed by atoms with Crippen molar-refractivity contribution in [3.63, 3.8) is 0 Å². The van der Waals surface area contributed by atoms with Gasteiger partial charge >= 0.3 is 5.97 Å². The minimum absolute atomic E-state index is 0.0144. The molecule has 0 fully saturated rings. The topological polar surface area (TPSA) is 101 Å². The SMILES string of the molecule is COCCOCCCC1(CCCOCCOC)c2ccccc2-c2ccc(-c3ccc(OCCCCCC(=O)CCC(=O)O)cc3)cc21. The third-order valence-electron chi connectivity index (χ3n) is 9.09. The number of unbranched alkanes of at least 4 members (excludes halogenated alkanes) is 2. The van der Waals surface area contributed by atoms with Gasteiger partial charge in [0.1, 0.15) is 11.5 Å². The molecule has 8 nitrogen and oxygen atoms in total. The van der Waals surface area contributed by atoms with Gasteiger partial charge in [-0.05, 0) is 96.5 Å². The molecule has 1 aliphatic rings. The molecule has 0 saturated heterocycles. The molecule has 48 heavy (non-hydrogen) atoms. The molecular formula is C40H52O8. The molecule has 4 rings (SSSR count). The summed E-state index contributed by atoms with van der Waals surface area (Å²) < 4.78 is 28.1. The van der Waals surface area contributed by atoms with E-state index in [1.54, 1.807) is 14.2 Å². The average Bonchev–Trinajstić information content (AvgIpc) is 3.37. The van der Waals surface area contributed by atoms with Gasteiger partial charge in [-0.3, -0.25) is 9.59 Å². The van der Waals surface area contributed by atoms with Crippen LogP contribution in [0.4, 0.5) is 0 Å². The highest BCUT2D eigenvalue weighted by atomic mass is 16.5. The molecule has 0 heterocycles. The quantitative estimate of drug-likeness (QED) is 0.0917. The Kier molecular flexibility index (Phi) is 15.6. The van der Waals surface area contributed by atoms with Crippen LogP contribution in [0.5, 0.6) is 5.75 Å². The molecule has 0 saturated carbocycles. The summed E-state index contributed by atoms with van der Waals surface area (Å²) in [5.74, 6) is -0.0922. The van der Waals surface area contributed by atoms with Crippen LogP contribution < -0.4 is 4.74 Å². The molecule has 3 aromatic rings. The number of ether oxygens (including phenoxy) is 5. The summed E-state index contributed by atoms with van der Waals surface area (Å²) in [4.78, 5) is 22.4. The predicted molar refractivity (Wildman–Crippen MR) is 188 cm³/mol. The molecule has 0 aromatic heterocycles. The van der Waals surface area contributed by atoms with Crippen molar-refractivity contribution in [1.29, 1.82) is 0 Å². The van der Waals surface area contributed by atoms with Gasteiger partial charge in [0.15, 0.2) is 0 Å². The lowest BCUT2D eigenvalue weighted by atomic mass is 9.71. The maximum absolute atomic E-state index is 11.8. The van der Waals surface area contributed by atoms with Crippen molar-refractivity contribution in [3.8, 4) is 28.0 Å². The van der Waals surface area contributed by atoms with Crippen LogP contribution in [0, 0.1) is 0 Å². The molecule has 8 heteroatoms. The molecule has 0 atom stereocenters. The second kappa shape index (κ2) is 20.1. The number of carboxylic acid groups (broad SMARTS) is 1. The van der Waals surface area contributed by atoms with Crippen molar-refractivity contribution in [2.75, 3.05) is 60.5 Å². The molecule has 0 aliphatic heterocycles. The van der Waals surface area contributed by atoms with Crippen molar-refractivity contribution in [2.45, 2.75) is 69.6 Å². The van der Waals surface area contributed by atoms with Gasteiger partial charge in [0.05, 0.1) is 39.5 Å². The van der Waals surface area contributed by atoms with Crippen molar-refractivity contribution in [1.82, 2.24) is 0 Å². The number of hydrogen-bond acceptors (Lipinski definition) is 7. The van der Waals surface area contributed by atoms with Crippen molar-refractivity contribution < 1.29 is 38.4 Å². The third-order valence-corrected chi connectivity index (χ3v) is 9.09. The Morgan fingerprint density at radius 3 is 1.92 bits per heavy atom. The number of hydrogen-bond donors (Lipinski definition) is 1. The summed E-state index contributed by atoms with van der Waals surface area (Å²) in [6, 6.07) is 24.0. The van der Waals surface area contributed by atoms with E-state index in [-0.39, 0.29) is 24.0 Å². The summed E-state index contributed by atoms with van der Waals surface area (Å²) in [5.41, 5.74) is 7.56. The second-order valence-corrected chi connectivity index (χ2v) is 12.4. The minimum Gasteiger partial charge on any atom is -0.494 e. The lowest BCUT2D eigenvalue weighted by Gasteiger charge is -2.33. The lowest BCUT2D eigenvalue weighted by molar-refractivity contribution is -0.138.